The molecule has 0 spiro atoms. The zero-order chi connectivity index (χ0) is 11.7. The predicted molar refractivity (Wildman–Crippen MR) is 61.1 cm³/mol. The molecule has 84 valence electrons. The zero-order valence-corrected chi connectivity index (χ0v) is 9.33. The topological polar surface area (TPSA) is 58.2 Å². The van der Waals surface area contributed by atoms with Gasteiger partial charge in [-0.05, 0) is 37.1 Å². The van der Waals surface area contributed by atoms with Crippen molar-refractivity contribution >= 4 is 17.5 Å². The van der Waals surface area contributed by atoms with Crippen LogP contribution in [0.1, 0.15) is 17.5 Å². The van der Waals surface area contributed by atoms with Crippen molar-refractivity contribution in [3.63, 3.8) is 0 Å². The highest BCUT2D eigenvalue weighted by Gasteiger charge is 2.30. The van der Waals surface area contributed by atoms with E-state index in [2.05, 4.69) is 10.6 Å². The molecule has 0 aromatic heterocycles. The highest BCUT2D eigenvalue weighted by molar-refractivity contribution is 6.06. The molecule has 4 heteroatoms. The molecular formula is C12H14N2O2. The summed E-state index contributed by atoms with van der Waals surface area (Å²) in [5, 5.41) is 5.33. The molecule has 1 aromatic rings. The Morgan fingerprint density at radius 3 is 2.56 bits per heavy atom. The fourth-order valence-corrected chi connectivity index (χ4v) is 1.70. The third kappa shape index (κ3) is 2.05. The molecule has 0 saturated carbocycles. The number of carbonyl (C=O) groups excluding carboxylic acids is 2. The van der Waals surface area contributed by atoms with Gasteiger partial charge in [0.25, 0.3) is 0 Å². The van der Waals surface area contributed by atoms with Gasteiger partial charge in [0.15, 0.2) is 0 Å². The summed E-state index contributed by atoms with van der Waals surface area (Å²) in [6.07, 6.45) is 0.214. The van der Waals surface area contributed by atoms with Gasteiger partial charge in [-0.2, -0.15) is 0 Å². The van der Waals surface area contributed by atoms with Crippen molar-refractivity contribution in [1.29, 1.82) is 0 Å². The molecule has 0 bridgehead atoms. The minimum absolute atomic E-state index is 0.214. The van der Waals surface area contributed by atoms with E-state index in [1.807, 2.05) is 32.0 Å². The Hall–Kier alpha value is -1.84. The Balaban J connectivity index is 2.12. The maximum Gasteiger partial charge on any atom is 0.249 e. The van der Waals surface area contributed by atoms with Crippen LogP contribution in [-0.4, -0.2) is 17.9 Å². The summed E-state index contributed by atoms with van der Waals surface area (Å²) in [6.45, 7) is 4.05. The molecule has 2 rings (SSSR count). The van der Waals surface area contributed by atoms with Crippen molar-refractivity contribution in [3.8, 4) is 0 Å². The van der Waals surface area contributed by atoms with Crippen LogP contribution in [0.25, 0.3) is 0 Å². The fourth-order valence-electron chi connectivity index (χ4n) is 1.70. The highest BCUT2D eigenvalue weighted by atomic mass is 16.2. The molecule has 1 atom stereocenters. The van der Waals surface area contributed by atoms with Gasteiger partial charge in [0.1, 0.15) is 6.04 Å². The molecule has 16 heavy (non-hydrogen) atoms. The summed E-state index contributed by atoms with van der Waals surface area (Å²) in [7, 11) is 0. The van der Waals surface area contributed by atoms with Crippen LogP contribution in [0.4, 0.5) is 5.69 Å². The van der Waals surface area contributed by atoms with Gasteiger partial charge in [-0.25, -0.2) is 0 Å². The number of amides is 2. The molecule has 1 unspecified atom stereocenters. The molecule has 1 fully saturated rings. The average Bonchev–Trinajstić information content (AvgIpc) is 2.51. The predicted octanol–water partition coefficient (Wildman–Crippen LogP) is 1.13. The minimum Gasteiger partial charge on any atom is -0.373 e. The molecule has 2 amide bonds. The van der Waals surface area contributed by atoms with Crippen molar-refractivity contribution in [2.75, 3.05) is 5.32 Å². The number of anilines is 1. The van der Waals surface area contributed by atoms with Gasteiger partial charge >= 0.3 is 0 Å². The average molecular weight is 218 g/mol. The Kier molecular flexibility index (Phi) is 2.64. The molecule has 1 heterocycles. The lowest BCUT2D eigenvalue weighted by Crippen LogP contribution is -2.30. The summed E-state index contributed by atoms with van der Waals surface area (Å²) in [5.41, 5.74) is 3.24. The second-order valence-electron chi connectivity index (χ2n) is 4.11. The number of carbonyl (C=O) groups is 2. The third-order valence-corrected chi connectivity index (χ3v) is 2.82. The van der Waals surface area contributed by atoms with Gasteiger partial charge in [0.2, 0.25) is 11.8 Å². The molecular weight excluding hydrogens is 204 g/mol. The second kappa shape index (κ2) is 3.96. The number of hydrogen-bond acceptors (Lipinski definition) is 3. The normalized spacial score (nSPS) is 19.8. The fraction of sp³-hybridized carbons (Fsp3) is 0.333. The first kappa shape index (κ1) is 10.7. The van der Waals surface area contributed by atoms with E-state index in [1.54, 1.807) is 0 Å². The third-order valence-electron chi connectivity index (χ3n) is 2.82. The second-order valence-corrected chi connectivity index (χ2v) is 4.11. The van der Waals surface area contributed by atoms with Gasteiger partial charge in [-0.15, -0.1) is 0 Å². The van der Waals surface area contributed by atoms with Gasteiger partial charge < -0.3 is 5.32 Å². The molecule has 4 nitrogen and oxygen atoms in total. The van der Waals surface area contributed by atoms with E-state index in [0.717, 1.165) is 11.3 Å². The van der Waals surface area contributed by atoms with Gasteiger partial charge in [0.05, 0.1) is 6.42 Å². The van der Waals surface area contributed by atoms with Crippen LogP contribution >= 0.6 is 0 Å². The van der Waals surface area contributed by atoms with Gasteiger partial charge in [0, 0.05) is 5.69 Å². The van der Waals surface area contributed by atoms with Gasteiger partial charge in [-0.1, -0.05) is 6.07 Å². The Bertz CT molecular complexity index is 454. The van der Waals surface area contributed by atoms with Crippen molar-refractivity contribution in [2.24, 2.45) is 0 Å². The first-order valence-electron chi connectivity index (χ1n) is 5.24. The quantitative estimate of drug-likeness (QED) is 0.732. The van der Waals surface area contributed by atoms with Crippen molar-refractivity contribution in [1.82, 2.24) is 5.32 Å². The minimum atomic E-state index is -0.436. The smallest absolute Gasteiger partial charge is 0.249 e. The van der Waals surface area contributed by atoms with E-state index < -0.39 is 6.04 Å². The van der Waals surface area contributed by atoms with Crippen LogP contribution in [0.3, 0.4) is 0 Å². The summed E-state index contributed by atoms with van der Waals surface area (Å²) in [4.78, 5) is 22.3. The monoisotopic (exact) mass is 218 g/mol. The number of hydrogen-bond donors (Lipinski definition) is 2. The summed E-state index contributed by atoms with van der Waals surface area (Å²) >= 11 is 0. The van der Waals surface area contributed by atoms with Crippen LogP contribution in [0.15, 0.2) is 18.2 Å². The maximum atomic E-state index is 11.3. The SMILES string of the molecule is Cc1ccc(NC2CC(=O)NC2=O)cc1C. The Morgan fingerprint density at radius 2 is 2.00 bits per heavy atom. The van der Waals surface area contributed by atoms with E-state index in [-0.39, 0.29) is 18.2 Å². The van der Waals surface area contributed by atoms with Crippen LogP contribution in [0.5, 0.6) is 0 Å². The molecule has 1 aromatic carbocycles. The summed E-state index contributed by atoms with van der Waals surface area (Å²) in [5.74, 6) is -0.463. The van der Waals surface area contributed by atoms with E-state index in [4.69, 9.17) is 0 Å². The van der Waals surface area contributed by atoms with E-state index in [1.165, 1.54) is 5.56 Å². The zero-order valence-electron chi connectivity index (χ0n) is 9.33. The first-order valence-corrected chi connectivity index (χ1v) is 5.24. The van der Waals surface area contributed by atoms with E-state index in [9.17, 15) is 9.59 Å². The Labute approximate surface area is 94.0 Å². The van der Waals surface area contributed by atoms with Crippen LogP contribution in [-0.2, 0) is 9.59 Å². The van der Waals surface area contributed by atoms with Crippen LogP contribution < -0.4 is 10.6 Å². The van der Waals surface area contributed by atoms with Crippen molar-refractivity contribution in [3.05, 3.63) is 29.3 Å². The number of imide groups is 1. The summed E-state index contributed by atoms with van der Waals surface area (Å²) < 4.78 is 0. The molecule has 1 saturated heterocycles. The van der Waals surface area contributed by atoms with E-state index in [0.29, 0.717) is 0 Å². The maximum absolute atomic E-state index is 11.3. The Morgan fingerprint density at radius 1 is 1.25 bits per heavy atom. The summed E-state index contributed by atoms with van der Waals surface area (Å²) in [6, 6.07) is 5.45. The van der Waals surface area contributed by atoms with Crippen molar-refractivity contribution < 1.29 is 9.59 Å². The van der Waals surface area contributed by atoms with E-state index >= 15 is 0 Å². The molecule has 1 aliphatic heterocycles. The number of rotatable bonds is 2. The highest BCUT2D eigenvalue weighted by Crippen LogP contribution is 2.17. The number of aryl methyl sites for hydroxylation is 2. The lowest BCUT2D eigenvalue weighted by molar-refractivity contribution is -0.124. The molecule has 1 aliphatic rings. The molecule has 0 radical (unpaired) electrons. The van der Waals surface area contributed by atoms with Crippen molar-refractivity contribution in [2.45, 2.75) is 26.3 Å². The lowest BCUT2D eigenvalue weighted by Gasteiger charge is -2.12. The standard InChI is InChI=1S/C12H14N2O2/c1-7-3-4-9(5-8(7)2)13-10-6-11(15)14-12(10)16/h3-5,10,13H,6H2,1-2H3,(H,14,15,16). The number of nitrogens with one attached hydrogen (secondary N) is 2. The van der Waals surface area contributed by atoms with Crippen LogP contribution in [0.2, 0.25) is 0 Å². The lowest BCUT2D eigenvalue weighted by atomic mass is 10.1. The largest absolute Gasteiger partial charge is 0.373 e. The number of benzene rings is 1. The molecule has 0 aliphatic carbocycles. The van der Waals surface area contributed by atoms with Gasteiger partial charge in [-0.3, -0.25) is 14.9 Å². The first-order chi connectivity index (χ1) is 7.56. The molecule has 2 N–H and O–H groups in total. The van der Waals surface area contributed by atoms with Crippen LogP contribution in [0, 0.1) is 13.8 Å².